The molecular formula is C16H19NS. The van der Waals surface area contributed by atoms with Crippen molar-refractivity contribution in [2.24, 2.45) is 0 Å². The minimum Gasteiger partial charge on any atom is -0.313 e. The highest BCUT2D eigenvalue weighted by Crippen LogP contribution is 2.17. The molecule has 0 unspecified atom stereocenters. The van der Waals surface area contributed by atoms with Crippen LogP contribution < -0.4 is 5.32 Å². The van der Waals surface area contributed by atoms with Gasteiger partial charge in [0.2, 0.25) is 0 Å². The van der Waals surface area contributed by atoms with Gasteiger partial charge in [0.1, 0.15) is 0 Å². The summed E-state index contributed by atoms with van der Waals surface area (Å²) < 4.78 is 0. The van der Waals surface area contributed by atoms with Gasteiger partial charge in [-0.1, -0.05) is 48.5 Å². The van der Waals surface area contributed by atoms with E-state index in [0.29, 0.717) is 0 Å². The van der Waals surface area contributed by atoms with E-state index in [1.165, 1.54) is 22.6 Å². The lowest BCUT2D eigenvalue weighted by Crippen LogP contribution is -2.15. The topological polar surface area (TPSA) is 12.0 Å². The molecule has 0 heterocycles. The van der Waals surface area contributed by atoms with Gasteiger partial charge in [-0.3, -0.25) is 0 Å². The van der Waals surface area contributed by atoms with E-state index in [1.807, 2.05) is 11.8 Å². The van der Waals surface area contributed by atoms with Gasteiger partial charge in [0.05, 0.1) is 0 Å². The highest BCUT2D eigenvalue weighted by atomic mass is 32.2. The van der Waals surface area contributed by atoms with Crippen molar-refractivity contribution in [3.63, 3.8) is 0 Å². The van der Waals surface area contributed by atoms with E-state index >= 15 is 0 Å². The molecule has 2 aromatic rings. The summed E-state index contributed by atoms with van der Waals surface area (Å²) in [7, 11) is 0. The molecule has 0 aliphatic heterocycles. The molecule has 0 aliphatic rings. The van der Waals surface area contributed by atoms with Crippen molar-refractivity contribution in [1.29, 1.82) is 0 Å². The SMILES string of the molecule is c1ccc(CNCCCSc2ccccc2)cc1. The van der Waals surface area contributed by atoms with Crippen LogP contribution in [-0.2, 0) is 6.54 Å². The van der Waals surface area contributed by atoms with E-state index in [9.17, 15) is 0 Å². The van der Waals surface area contributed by atoms with Crippen molar-refractivity contribution in [2.75, 3.05) is 12.3 Å². The molecule has 0 aromatic heterocycles. The fraction of sp³-hybridized carbons (Fsp3) is 0.250. The van der Waals surface area contributed by atoms with Crippen molar-refractivity contribution in [3.8, 4) is 0 Å². The van der Waals surface area contributed by atoms with Crippen LogP contribution in [0.25, 0.3) is 0 Å². The van der Waals surface area contributed by atoms with Crippen LogP contribution in [0.1, 0.15) is 12.0 Å². The largest absolute Gasteiger partial charge is 0.313 e. The Hall–Kier alpha value is -1.25. The second kappa shape index (κ2) is 7.96. The Morgan fingerprint density at radius 1 is 0.833 bits per heavy atom. The van der Waals surface area contributed by atoms with Gasteiger partial charge in [-0.2, -0.15) is 0 Å². The number of nitrogens with one attached hydrogen (secondary N) is 1. The van der Waals surface area contributed by atoms with Crippen LogP contribution in [-0.4, -0.2) is 12.3 Å². The highest BCUT2D eigenvalue weighted by molar-refractivity contribution is 7.99. The van der Waals surface area contributed by atoms with Gasteiger partial charge in [0, 0.05) is 11.4 Å². The fourth-order valence-electron chi connectivity index (χ4n) is 1.73. The maximum atomic E-state index is 3.47. The Morgan fingerprint density at radius 3 is 2.22 bits per heavy atom. The molecule has 0 bridgehead atoms. The minimum absolute atomic E-state index is 0.969. The van der Waals surface area contributed by atoms with E-state index in [1.54, 1.807) is 0 Å². The van der Waals surface area contributed by atoms with Crippen molar-refractivity contribution < 1.29 is 0 Å². The van der Waals surface area contributed by atoms with Crippen molar-refractivity contribution >= 4 is 11.8 Å². The van der Waals surface area contributed by atoms with E-state index in [4.69, 9.17) is 0 Å². The molecule has 0 spiro atoms. The molecule has 0 radical (unpaired) electrons. The Bertz CT molecular complexity index is 384. The van der Waals surface area contributed by atoms with Gasteiger partial charge in [0.25, 0.3) is 0 Å². The van der Waals surface area contributed by atoms with Crippen molar-refractivity contribution in [3.05, 3.63) is 66.2 Å². The summed E-state index contributed by atoms with van der Waals surface area (Å²) >= 11 is 1.93. The van der Waals surface area contributed by atoms with Crippen LogP contribution in [0.2, 0.25) is 0 Å². The zero-order valence-corrected chi connectivity index (χ0v) is 11.3. The van der Waals surface area contributed by atoms with Crippen LogP contribution in [0.4, 0.5) is 0 Å². The van der Waals surface area contributed by atoms with Crippen LogP contribution in [0.5, 0.6) is 0 Å². The highest BCUT2D eigenvalue weighted by Gasteiger charge is 1.93. The molecule has 2 aromatic carbocycles. The third-order valence-electron chi connectivity index (χ3n) is 2.68. The first kappa shape index (κ1) is 13.2. The third-order valence-corrected chi connectivity index (χ3v) is 3.78. The predicted molar refractivity (Wildman–Crippen MR) is 79.9 cm³/mol. The molecule has 94 valence electrons. The van der Waals surface area contributed by atoms with Gasteiger partial charge in [-0.05, 0) is 36.4 Å². The summed E-state index contributed by atoms with van der Waals surface area (Å²) in [6, 6.07) is 21.1. The van der Waals surface area contributed by atoms with Gasteiger partial charge in [0.15, 0.2) is 0 Å². The maximum Gasteiger partial charge on any atom is 0.0205 e. The van der Waals surface area contributed by atoms with E-state index < -0.39 is 0 Å². The first-order valence-electron chi connectivity index (χ1n) is 6.37. The van der Waals surface area contributed by atoms with Gasteiger partial charge in [-0.15, -0.1) is 11.8 Å². The lowest BCUT2D eigenvalue weighted by Gasteiger charge is -2.05. The lowest BCUT2D eigenvalue weighted by molar-refractivity contribution is 0.679. The summed E-state index contributed by atoms with van der Waals surface area (Å²) in [6.45, 7) is 2.05. The van der Waals surface area contributed by atoms with Gasteiger partial charge in [-0.25, -0.2) is 0 Å². The van der Waals surface area contributed by atoms with Crippen LogP contribution >= 0.6 is 11.8 Å². The number of hydrogen-bond donors (Lipinski definition) is 1. The summed E-state index contributed by atoms with van der Waals surface area (Å²) in [4.78, 5) is 1.36. The van der Waals surface area contributed by atoms with E-state index in [-0.39, 0.29) is 0 Å². The summed E-state index contributed by atoms with van der Waals surface area (Å²) in [5.74, 6) is 1.17. The van der Waals surface area contributed by atoms with E-state index in [0.717, 1.165) is 13.1 Å². The maximum absolute atomic E-state index is 3.47. The first-order valence-corrected chi connectivity index (χ1v) is 7.36. The average molecular weight is 257 g/mol. The summed E-state index contributed by atoms with van der Waals surface area (Å²) in [6.07, 6.45) is 1.20. The number of rotatable bonds is 7. The predicted octanol–water partition coefficient (Wildman–Crippen LogP) is 3.96. The molecule has 0 saturated carbocycles. The standard InChI is InChI=1S/C16H19NS/c1-3-8-15(9-4-1)14-17-12-7-13-18-16-10-5-2-6-11-16/h1-6,8-11,17H,7,12-14H2. The zero-order chi connectivity index (χ0) is 12.5. The molecule has 1 N–H and O–H groups in total. The third kappa shape index (κ3) is 4.94. The molecule has 0 aliphatic carbocycles. The van der Waals surface area contributed by atoms with Crippen LogP contribution in [0.3, 0.4) is 0 Å². The first-order chi connectivity index (χ1) is 8.95. The molecule has 1 nitrogen and oxygen atoms in total. The van der Waals surface area contributed by atoms with Crippen molar-refractivity contribution in [2.45, 2.75) is 17.9 Å². The lowest BCUT2D eigenvalue weighted by atomic mass is 10.2. The molecule has 2 rings (SSSR count). The molecule has 2 heteroatoms. The number of thioether (sulfide) groups is 1. The smallest absolute Gasteiger partial charge is 0.0205 e. The van der Waals surface area contributed by atoms with Gasteiger partial charge >= 0.3 is 0 Å². The monoisotopic (exact) mass is 257 g/mol. The Morgan fingerprint density at radius 2 is 1.50 bits per heavy atom. The molecule has 18 heavy (non-hydrogen) atoms. The second-order valence-corrected chi connectivity index (χ2v) is 5.35. The molecular weight excluding hydrogens is 238 g/mol. The number of hydrogen-bond acceptors (Lipinski definition) is 2. The molecule has 0 saturated heterocycles. The van der Waals surface area contributed by atoms with Crippen molar-refractivity contribution in [1.82, 2.24) is 5.32 Å². The molecule has 0 fully saturated rings. The average Bonchev–Trinajstić information content (AvgIpc) is 2.45. The Balaban J connectivity index is 1.54. The molecule has 0 atom stereocenters. The van der Waals surface area contributed by atoms with Crippen LogP contribution in [0, 0.1) is 0 Å². The zero-order valence-electron chi connectivity index (χ0n) is 10.5. The van der Waals surface area contributed by atoms with E-state index in [2.05, 4.69) is 66.0 Å². The fourth-order valence-corrected chi connectivity index (χ4v) is 2.61. The van der Waals surface area contributed by atoms with Gasteiger partial charge < -0.3 is 5.32 Å². The second-order valence-electron chi connectivity index (χ2n) is 4.18. The quantitative estimate of drug-likeness (QED) is 0.595. The normalized spacial score (nSPS) is 10.4. The summed E-state index contributed by atoms with van der Waals surface area (Å²) in [5, 5.41) is 3.47. The molecule has 0 amide bonds. The van der Waals surface area contributed by atoms with Crippen LogP contribution in [0.15, 0.2) is 65.6 Å². The Kier molecular flexibility index (Phi) is 5.83. The number of benzene rings is 2. The Labute approximate surface area is 114 Å². The summed E-state index contributed by atoms with van der Waals surface area (Å²) in [5.41, 5.74) is 1.35. The minimum atomic E-state index is 0.969.